The minimum Gasteiger partial charge on any atom is -0.481 e. The number of para-hydroxylation sites is 1. The topological polar surface area (TPSA) is 78.9 Å². The van der Waals surface area contributed by atoms with Crippen LogP contribution in [0.5, 0.6) is 0 Å². The summed E-state index contributed by atoms with van der Waals surface area (Å²) in [6, 6.07) is 18.7. The van der Waals surface area contributed by atoms with Crippen molar-refractivity contribution in [1.29, 1.82) is 0 Å². The number of hydrogen-bond acceptors (Lipinski definition) is 4. The number of benzene rings is 3. The van der Waals surface area contributed by atoms with Crippen LogP contribution in [0, 0.1) is 0 Å². The molecule has 1 unspecified atom stereocenters. The number of amides is 1. The van der Waals surface area contributed by atoms with Gasteiger partial charge in [0.2, 0.25) is 5.91 Å². The van der Waals surface area contributed by atoms with E-state index < -0.39 is 46.9 Å². The molecule has 2 N–H and O–H groups in total. The summed E-state index contributed by atoms with van der Waals surface area (Å²) in [5.41, 5.74) is -1.47. The van der Waals surface area contributed by atoms with Gasteiger partial charge in [-0.05, 0) is 99.1 Å². The third kappa shape index (κ3) is 9.18. The van der Waals surface area contributed by atoms with Crippen LogP contribution in [0.15, 0.2) is 72.8 Å². The van der Waals surface area contributed by atoms with Gasteiger partial charge in [-0.1, -0.05) is 55.0 Å². The lowest BCUT2D eigenvalue weighted by Crippen LogP contribution is -2.45. The predicted octanol–water partition coefficient (Wildman–Crippen LogP) is 9.01. The van der Waals surface area contributed by atoms with Gasteiger partial charge in [0.05, 0.1) is 29.8 Å². The number of fused-ring (bicyclic) bond motifs is 1. The summed E-state index contributed by atoms with van der Waals surface area (Å²) in [5, 5.41) is 12.2. The van der Waals surface area contributed by atoms with E-state index >= 15 is 0 Å². The Morgan fingerprint density at radius 2 is 1.44 bits per heavy atom. The zero-order valence-corrected chi connectivity index (χ0v) is 28.2. The highest BCUT2D eigenvalue weighted by molar-refractivity contribution is 6.06. The largest absolute Gasteiger partial charge is 0.481 e. The first-order valence-electron chi connectivity index (χ1n) is 16.5. The number of ether oxygens (including phenoxy) is 1. The molecule has 1 fully saturated rings. The Labute approximate surface area is 293 Å². The zero-order chi connectivity index (χ0) is 35.3. The van der Waals surface area contributed by atoms with Crippen molar-refractivity contribution in [2.24, 2.45) is 0 Å². The highest BCUT2D eigenvalue weighted by Gasteiger charge is 2.45. The standard InChI is InChI=1S/C37H40F6N2O4.ClH/c38-36(39,40)28-21-26(22-29(23-28)37(41,42)43)24-49-25-34(27-9-2-1-3-10-27)16-19-45(20-17-34)18-7-6-14-35(15-8-13-32(46)47)30-11-4-5-12-31(30)44-33(35)48;/h1-5,9-12,21-23H,6-8,13-20,24-25H2,(H,44,48)(H,46,47);1H. The molecule has 0 saturated carbocycles. The second-order valence-electron chi connectivity index (χ2n) is 13.2. The maximum Gasteiger partial charge on any atom is 0.416 e. The fourth-order valence-electron chi connectivity index (χ4n) is 7.28. The average molecular weight is 727 g/mol. The Hall–Kier alpha value is -3.61. The Balaban J connectivity index is 0.00000562. The van der Waals surface area contributed by atoms with Gasteiger partial charge in [-0.2, -0.15) is 26.3 Å². The van der Waals surface area contributed by atoms with Crippen molar-refractivity contribution in [3.8, 4) is 0 Å². The summed E-state index contributed by atoms with van der Waals surface area (Å²) in [7, 11) is 0. The van der Waals surface area contributed by atoms with Gasteiger partial charge in [-0.3, -0.25) is 9.59 Å². The van der Waals surface area contributed by atoms with E-state index in [9.17, 15) is 41.0 Å². The summed E-state index contributed by atoms with van der Waals surface area (Å²) in [5.74, 6) is -0.986. The first kappa shape index (κ1) is 39.2. The number of hydrogen-bond donors (Lipinski definition) is 2. The van der Waals surface area contributed by atoms with Crippen molar-refractivity contribution < 1.29 is 45.8 Å². The smallest absolute Gasteiger partial charge is 0.416 e. The number of nitrogens with one attached hydrogen (secondary N) is 1. The van der Waals surface area contributed by atoms with Crippen LogP contribution in [-0.2, 0) is 44.1 Å². The predicted molar refractivity (Wildman–Crippen MR) is 179 cm³/mol. The molecule has 2 aliphatic rings. The molecule has 2 aliphatic heterocycles. The van der Waals surface area contributed by atoms with Crippen LogP contribution in [0.3, 0.4) is 0 Å². The van der Waals surface area contributed by atoms with Crippen molar-refractivity contribution in [3.05, 3.63) is 101 Å². The summed E-state index contributed by atoms with van der Waals surface area (Å²) >= 11 is 0. The molecule has 5 rings (SSSR count). The summed E-state index contributed by atoms with van der Waals surface area (Å²) in [6.07, 6.45) is -5.48. The number of carboxylic acid groups (broad SMARTS) is 1. The molecule has 0 spiro atoms. The molecule has 272 valence electrons. The van der Waals surface area contributed by atoms with Crippen molar-refractivity contribution >= 4 is 30.0 Å². The van der Waals surface area contributed by atoms with E-state index in [-0.39, 0.29) is 43.0 Å². The summed E-state index contributed by atoms with van der Waals surface area (Å²) in [4.78, 5) is 26.8. The van der Waals surface area contributed by atoms with Crippen molar-refractivity contribution in [3.63, 3.8) is 0 Å². The monoisotopic (exact) mass is 726 g/mol. The molecule has 0 radical (unpaired) electrons. The average Bonchev–Trinajstić information content (AvgIpc) is 3.33. The molecule has 13 heteroatoms. The maximum atomic E-state index is 13.4. The number of likely N-dealkylation sites (tertiary alicyclic amines) is 1. The van der Waals surface area contributed by atoms with Crippen LogP contribution in [0.25, 0.3) is 0 Å². The fourth-order valence-corrected chi connectivity index (χ4v) is 7.28. The number of alkyl halides is 6. The minimum atomic E-state index is -4.93. The molecule has 1 saturated heterocycles. The number of carbonyl (C=O) groups is 2. The molecule has 2 heterocycles. The van der Waals surface area contributed by atoms with E-state index in [4.69, 9.17) is 4.74 Å². The molecule has 3 aromatic carbocycles. The number of carbonyl (C=O) groups excluding carboxylic acids is 1. The van der Waals surface area contributed by atoms with Gasteiger partial charge in [0.15, 0.2) is 0 Å². The lowest BCUT2D eigenvalue weighted by molar-refractivity contribution is -0.143. The van der Waals surface area contributed by atoms with Crippen LogP contribution in [0.2, 0.25) is 0 Å². The molecule has 1 atom stereocenters. The minimum absolute atomic E-state index is 0. The van der Waals surface area contributed by atoms with Gasteiger partial charge < -0.3 is 20.1 Å². The number of halogens is 7. The Kier molecular flexibility index (Phi) is 12.7. The lowest BCUT2D eigenvalue weighted by atomic mass is 9.73. The Morgan fingerprint density at radius 3 is 2.06 bits per heavy atom. The number of unbranched alkanes of at least 4 members (excludes halogenated alkanes) is 1. The van der Waals surface area contributed by atoms with Crippen LogP contribution in [-0.4, -0.2) is 48.1 Å². The van der Waals surface area contributed by atoms with Gasteiger partial charge in [0.25, 0.3) is 0 Å². The molecule has 0 aliphatic carbocycles. The second-order valence-corrected chi connectivity index (χ2v) is 13.2. The van der Waals surface area contributed by atoms with E-state index in [0.717, 1.165) is 36.2 Å². The highest BCUT2D eigenvalue weighted by Crippen LogP contribution is 2.45. The maximum absolute atomic E-state index is 13.4. The van der Waals surface area contributed by atoms with Crippen LogP contribution in [0.4, 0.5) is 32.0 Å². The number of anilines is 1. The van der Waals surface area contributed by atoms with Crippen LogP contribution >= 0.6 is 12.4 Å². The van der Waals surface area contributed by atoms with E-state index in [1.54, 1.807) is 0 Å². The molecular formula is C37H41ClF6N2O4. The SMILES string of the molecule is Cl.O=C(O)CCCC1(CCCCN2CCC(COCc3cc(C(F)(F)F)cc(C(F)(F)F)c3)(c3ccccc3)CC2)C(=O)Nc2ccccc21. The first-order valence-corrected chi connectivity index (χ1v) is 16.5. The summed E-state index contributed by atoms with van der Waals surface area (Å²) in [6.45, 7) is 1.96. The Bertz CT molecular complexity index is 1580. The van der Waals surface area contributed by atoms with Crippen molar-refractivity contribution in [1.82, 2.24) is 4.90 Å². The Morgan fingerprint density at radius 1 is 0.840 bits per heavy atom. The van der Waals surface area contributed by atoms with Crippen LogP contribution in [0.1, 0.15) is 79.2 Å². The number of piperidine rings is 1. The van der Waals surface area contributed by atoms with Crippen molar-refractivity contribution in [2.75, 3.05) is 31.6 Å². The van der Waals surface area contributed by atoms with Gasteiger partial charge in [-0.25, -0.2) is 0 Å². The molecule has 3 aromatic rings. The van der Waals surface area contributed by atoms with E-state index in [0.29, 0.717) is 57.3 Å². The zero-order valence-electron chi connectivity index (χ0n) is 27.4. The number of carboxylic acids is 1. The normalized spacial score (nSPS) is 19.0. The molecule has 0 aromatic heterocycles. The summed E-state index contributed by atoms with van der Waals surface area (Å²) < 4.78 is 86.2. The fraction of sp³-hybridized carbons (Fsp3) is 0.459. The van der Waals surface area contributed by atoms with Gasteiger partial charge >= 0.3 is 18.3 Å². The van der Waals surface area contributed by atoms with Gasteiger partial charge in [-0.15, -0.1) is 12.4 Å². The molecular weight excluding hydrogens is 686 g/mol. The lowest BCUT2D eigenvalue weighted by Gasteiger charge is -2.42. The number of aliphatic carboxylic acids is 1. The van der Waals surface area contributed by atoms with E-state index in [2.05, 4.69) is 10.2 Å². The number of nitrogens with zero attached hydrogens (tertiary/aromatic N) is 1. The second kappa shape index (κ2) is 16.2. The van der Waals surface area contributed by atoms with Crippen molar-refractivity contribution in [2.45, 2.75) is 81.2 Å². The van der Waals surface area contributed by atoms with Gasteiger partial charge in [0.1, 0.15) is 0 Å². The first-order chi connectivity index (χ1) is 23.2. The quantitative estimate of drug-likeness (QED) is 0.128. The number of rotatable bonds is 14. The third-order valence-electron chi connectivity index (χ3n) is 9.94. The van der Waals surface area contributed by atoms with E-state index in [1.807, 2.05) is 54.6 Å². The molecule has 6 nitrogen and oxygen atoms in total. The van der Waals surface area contributed by atoms with Crippen LogP contribution < -0.4 is 5.32 Å². The molecule has 50 heavy (non-hydrogen) atoms. The third-order valence-corrected chi connectivity index (χ3v) is 9.94. The van der Waals surface area contributed by atoms with Gasteiger partial charge in [0, 0.05) is 17.5 Å². The van der Waals surface area contributed by atoms with E-state index in [1.165, 1.54) is 0 Å². The highest BCUT2D eigenvalue weighted by atomic mass is 35.5. The molecule has 1 amide bonds. The molecule has 0 bridgehead atoms.